The SMILES string of the molecule is CCNC(=NCc1cc(C(CC)CC)no1)NCCNS(=O)(=O)c1ccc(C)cc1. The third kappa shape index (κ3) is 7.14. The normalized spacial score (nSPS) is 12.4. The molecule has 30 heavy (non-hydrogen) atoms. The van der Waals surface area contributed by atoms with Crippen LogP contribution in [0.25, 0.3) is 0 Å². The van der Waals surface area contributed by atoms with E-state index >= 15 is 0 Å². The van der Waals surface area contributed by atoms with Crippen LogP contribution in [-0.2, 0) is 16.6 Å². The van der Waals surface area contributed by atoms with Crippen LogP contribution in [-0.4, -0.2) is 39.2 Å². The molecule has 166 valence electrons. The van der Waals surface area contributed by atoms with Gasteiger partial charge in [0.25, 0.3) is 0 Å². The first-order valence-electron chi connectivity index (χ1n) is 10.4. The van der Waals surface area contributed by atoms with E-state index in [0.29, 0.717) is 37.3 Å². The van der Waals surface area contributed by atoms with Crippen LogP contribution < -0.4 is 15.4 Å². The minimum atomic E-state index is -3.53. The molecule has 3 N–H and O–H groups in total. The molecule has 0 radical (unpaired) electrons. The first kappa shape index (κ1) is 23.9. The number of aryl methyl sites for hydroxylation is 1. The number of hydrogen-bond donors (Lipinski definition) is 3. The van der Waals surface area contributed by atoms with Gasteiger partial charge in [-0.05, 0) is 38.8 Å². The zero-order chi connectivity index (χ0) is 22.0. The molecular formula is C21H33N5O3S. The molecule has 2 aromatic rings. The number of aromatic nitrogens is 1. The lowest BCUT2D eigenvalue weighted by atomic mass is 9.99. The zero-order valence-electron chi connectivity index (χ0n) is 18.2. The number of benzene rings is 1. The van der Waals surface area contributed by atoms with Crippen LogP contribution in [0.2, 0.25) is 0 Å². The second kappa shape index (κ2) is 11.7. The topological polar surface area (TPSA) is 109 Å². The summed E-state index contributed by atoms with van der Waals surface area (Å²) < 4.78 is 32.6. The van der Waals surface area contributed by atoms with Crippen molar-refractivity contribution in [2.24, 2.45) is 4.99 Å². The van der Waals surface area contributed by atoms with Crippen molar-refractivity contribution in [1.82, 2.24) is 20.5 Å². The van der Waals surface area contributed by atoms with Gasteiger partial charge in [-0.2, -0.15) is 0 Å². The van der Waals surface area contributed by atoms with Gasteiger partial charge in [-0.3, -0.25) is 0 Å². The summed E-state index contributed by atoms with van der Waals surface area (Å²) in [5, 5.41) is 10.4. The molecule has 1 heterocycles. The second-order valence-corrected chi connectivity index (χ2v) is 8.83. The van der Waals surface area contributed by atoms with Crippen LogP contribution in [0.3, 0.4) is 0 Å². The average molecular weight is 436 g/mol. The first-order valence-corrected chi connectivity index (χ1v) is 11.9. The van der Waals surface area contributed by atoms with E-state index < -0.39 is 10.0 Å². The fraction of sp³-hybridized carbons (Fsp3) is 0.524. The van der Waals surface area contributed by atoms with E-state index in [-0.39, 0.29) is 11.4 Å². The summed E-state index contributed by atoms with van der Waals surface area (Å²) in [6.07, 6.45) is 2.04. The molecule has 0 aliphatic carbocycles. The lowest BCUT2D eigenvalue weighted by Crippen LogP contribution is -2.41. The maximum atomic E-state index is 12.3. The number of nitrogens with zero attached hydrogens (tertiary/aromatic N) is 2. The molecule has 0 bridgehead atoms. The third-order valence-electron chi connectivity index (χ3n) is 4.76. The van der Waals surface area contributed by atoms with E-state index in [1.165, 1.54) is 0 Å². The van der Waals surface area contributed by atoms with Crippen molar-refractivity contribution < 1.29 is 12.9 Å². The molecular weight excluding hydrogens is 402 g/mol. The Balaban J connectivity index is 1.87. The molecule has 1 aromatic heterocycles. The lowest BCUT2D eigenvalue weighted by Gasteiger charge is -2.12. The lowest BCUT2D eigenvalue weighted by molar-refractivity contribution is 0.372. The van der Waals surface area contributed by atoms with Gasteiger partial charge < -0.3 is 15.2 Å². The Labute approximate surface area is 179 Å². The summed E-state index contributed by atoms with van der Waals surface area (Å²) in [6, 6.07) is 8.72. The molecule has 0 saturated heterocycles. The van der Waals surface area contributed by atoms with E-state index in [0.717, 1.165) is 24.1 Å². The molecule has 0 atom stereocenters. The van der Waals surface area contributed by atoms with Crippen LogP contribution in [0.5, 0.6) is 0 Å². The Bertz CT molecular complexity index is 903. The Morgan fingerprint density at radius 2 is 1.80 bits per heavy atom. The van der Waals surface area contributed by atoms with Crippen molar-refractivity contribution in [3.63, 3.8) is 0 Å². The van der Waals surface area contributed by atoms with Crippen LogP contribution >= 0.6 is 0 Å². The minimum absolute atomic E-state index is 0.238. The smallest absolute Gasteiger partial charge is 0.240 e. The summed E-state index contributed by atoms with van der Waals surface area (Å²) in [5.74, 6) is 1.70. The quantitative estimate of drug-likeness (QED) is 0.284. The molecule has 9 heteroatoms. The maximum absolute atomic E-state index is 12.3. The van der Waals surface area contributed by atoms with Gasteiger partial charge in [0.1, 0.15) is 6.54 Å². The Kier molecular flexibility index (Phi) is 9.32. The molecule has 1 aromatic carbocycles. The zero-order valence-corrected chi connectivity index (χ0v) is 19.1. The molecule has 0 unspecified atom stereocenters. The Morgan fingerprint density at radius 3 is 2.43 bits per heavy atom. The summed E-state index contributed by atoms with van der Waals surface area (Å²) in [4.78, 5) is 4.75. The molecule has 0 fully saturated rings. The van der Waals surface area contributed by atoms with Crippen LogP contribution in [0.15, 0.2) is 44.7 Å². The number of nitrogens with one attached hydrogen (secondary N) is 3. The van der Waals surface area contributed by atoms with Gasteiger partial charge >= 0.3 is 0 Å². The summed E-state index contributed by atoms with van der Waals surface area (Å²) in [6.45, 7) is 9.85. The predicted molar refractivity (Wildman–Crippen MR) is 119 cm³/mol. The fourth-order valence-corrected chi connectivity index (χ4v) is 4.00. The highest BCUT2D eigenvalue weighted by Crippen LogP contribution is 2.22. The molecule has 0 saturated carbocycles. The monoisotopic (exact) mass is 435 g/mol. The molecule has 2 rings (SSSR count). The minimum Gasteiger partial charge on any atom is -0.359 e. The third-order valence-corrected chi connectivity index (χ3v) is 6.24. The van der Waals surface area contributed by atoms with E-state index in [1.54, 1.807) is 24.3 Å². The molecule has 0 amide bonds. The van der Waals surface area contributed by atoms with Crippen molar-refractivity contribution in [3.8, 4) is 0 Å². The predicted octanol–water partition coefficient (Wildman–Crippen LogP) is 2.92. The van der Waals surface area contributed by atoms with Crippen LogP contribution in [0.1, 0.15) is 56.5 Å². The van der Waals surface area contributed by atoms with Gasteiger partial charge in [-0.1, -0.05) is 36.7 Å². The summed E-state index contributed by atoms with van der Waals surface area (Å²) >= 11 is 0. The molecule has 0 spiro atoms. The van der Waals surface area contributed by atoms with Crippen LogP contribution in [0.4, 0.5) is 0 Å². The van der Waals surface area contributed by atoms with Crippen LogP contribution in [0, 0.1) is 6.92 Å². The van der Waals surface area contributed by atoms with Gasteiger partial charge in [0.15, 0.2) is 11.7 Å². The van der Waals surface area contributed by atoms with Gasteiger partial charge in [-0.15, -0.1) is 0 Å². The largest absolute Gasteiger partial charge is 0.359 e. The highest BCUT2D eigenvalue weighted by molar-refractivity contribution is 7.89. The van der Waals surface area contributed by atoms with Crippen molar-refractivity contribution >= 4 is 16.0 Å². The van der Waals surface area contributed by atoms with Crippen molar-refractivity contribution in [3.05, 3.63) is 47.3 Å². The summed E-state index contributed by atoms with van der Waals surface area (Å²) in [7, 11) is -3.53. The second-order valence-electron chi connectivity index (χ2n) is 7.06. The highest BCUT2D eigenvalue weighted by atomic mass is 32.2. The number of rotatable bonds is 11. The average Bonchev–Trinajstić information content (AvgIpc) is 3.19. The summed E-state index contributed by atoms with van der Waals surface area (Å²) in [5.41, 5.74) is 1.98. The number of aliphatic imine (C=N–C) groups is 1. The van der Waals surface area contributed by atoms with Crippen molar-refractivity contribution in [2.75, 3.05) is 19.6 Å². The fourth-order valence-electron chi connectivity index (χ4n) is 2.97. The van der Waals surface area contributed by atoms with Crippen molar-refractivity contribution in [2.45, 2.75) is 57.9 Å². The molecule has 0 aliphatic heterocycles. The van der Waals surface area contributed by atoms with Gasteiger partial charge in [0.05, 0.1) is 10.6 Å². The van der Waals surface area contributed by atoms with E-state index in [1.807, 2.05) is 19.9 Å². The highest BCUT2D eigenvalue weighted by Gasteiger charge is 2.14. The number of guanidine groups is 1. The maximum Gasteiger partial charge on any atom is 0.240 e. The molecule has 8 nitrogen and oxygen atoms in total. The number of hydrogen-bond acceptors (Lipinski definition) is 5. The van der Waals surface area contributed by atoms with E-state index in [2.05, 4.69) is 39.4 Å². The Hall–Kier alpha value is -2.39. The number of sulfonamides is 1. The van der Waals surface area contributed by atoms with E-state index in [9.17, 15) is 8.42 Å². The Morgan fingerprint density at radius 1 is 1.10 bits per heavy atom. The first-order chi connectivity index (χ1) is 14.4. The van der Waals surface area contributed by atoms with Gasteiger partial charge in [0, 0.05) is 31.6 Å². The van der Waals surface area contributed by atoms with Gasteiger partial charge in [-0.25, -0.2) is 18.1 Å². The standard InChI is InChI=1S/C21H33N5O3S/c1-5-17(6-2)20-14-18(29-26-20)15-24-21(22-7-3)23-12-13-25-30(27,28)19-10-8-16(4)9-11-19/h8-11,14,17,25H,5-7,12-13,15H2,1-4H3,(H2,22,23,24). The van der Waals surface area contributed by atoms with E-state index in [4.69, 9.17) is 4.52 Å². The van der Waals surface area contributed by atoms with Gasteiger partial charge in [0.2, 0.25) is 10.0 Å². The molecule has 0 aliphatic rings. The van der Waals surface area contributed by atoms with Crippen molar-refractivity contribution in [1.29, 1.82) is 0 Å².